The molecule has 140 valence electrons. The molecular formula is C21H29N3O2. The molecule has 0 saturated carbocycles. The highest BCUT2D eigenvalue weighted by Gasteiger charge is 2.33. The molecule has 2 unspecified atom stereocenters. The van der Waals surface area contributed by atoms with Crippen molar-refractivity contribution < 1.29 is 9.53 Å². The molecule has 5 nitrogen and oxygen atoms in total. The number of hydrogen-bond donors (Lipinski definition) is 1. The van der Waals surface area contributed by atoms with Crippen LogP contribution in [0.5, 0.6) is 5.75 Å². The van der Waals surface area contributed by atoms with E-state index in [2.05, 4.69) is 10.2 Å². The molecule has 1 aromatic carbocycles. The van der Waals surface area contributed by atoms with Crippen molar-refractivity contribution in [3.63, 3.8) is 0 Å². The van der Waals surface area contributed by atoms with Crippen molar-refractivity contribution in [1.82, 2.24) is 14.8 Å². The van der Waals surface area contributed by atoms with Crippen molar-refractivity contribution >= 4 is 16.8 Å². The Morgan fingerprint density at radius 2 is 2.04 bits per heavy atom. The second kappa shape index (κ2) is 7.31. The summed E-state index contributed by atoms with van der Waals surface area (Å²) in [6, 6.07) is 8.55. The van der Waals surface area contributed by atoms with E-state index in [-0.39, 0.29) is 5.91 Å². The van der Waals surface area contributed by atoms with Gasteiger partial charge < -0.3 is 19.5 Å². The van der Waals surface area contributed by atoms with Gasteiger partial charge in [0.2, 0.25) is 0 Å². The van der Waals surface area contributed by atoms with Crippen LogP contribution in [0.2, 0.25) is 0 Å². The lowest BCUT2D eigenvalue weighted by Gasteiger charge is -2.44. The van der Waals surface area contributed by atoms with Crippen LogP contribution in [0.1, 0.15) is 42.6 Å². The molecule has 2 atom stereocenters. The number of aromatic nitrogens is 1. The van der Waals surface area contributed by atoms with Crippen molar-refractivity contribution in [3.8, 4) is 5.75 Å². The minimum Gasteiger partial charge on any atom is -0.497 e. The number of nitrogens with zero attached hydrogens (tertiary/aromatic N) is 2. The summed E-state index contributed by atoms with van der Waals surface area (Å²) in [5, 5.41) is 4.28. The molecule has 2 saturated heterocycles. The highest BCUT2D eigenvalue weighted by molar-refractivity contribution is 5.99. The van der Waals surface area contributed by atoms with Crippen molar-refractivity contribution in [2.24, 2.45) is 13.0 Å². The van der Waals surface area contributed by atoms with E-state index >= 15 is 0 Å². The third kappa shape index (κ3) is 3.20. The summed E-state index contributed by atoms with van der Waals surface area (Å²) in [4.78, 5) is 15.5. The van der Waals surface area contributed by atoms with E-state index in [1.165, 1.54) is 45.2 Å². The number of fused-ring (bicyclic) bond motifs is 2. The van der Waals surface area contributed by atoms with Gasteiger partial charge in [-0.1, -0.05) is 6.42 Å². The molecule has 2 aliphatic heterocycles. The fraction of sp³-hybridized carbons (Fsp3) is 0.571. The first-order valence-electron chi connectivity index (χ1n) is 9.83. The number of benzene rings is 1. The first-order valence-corrected chi connectivity index (χ1v) is 9.83. The molecule has 1 N–H and O–H groups in total. The predicted molar refractivity (Wildman–Crippen MR) is 104 cm³/mol. The van der Waals surface area contributed by atoms with Gasteiger partial charge in [0.25, 0.3) is 5.91 Å². The van der Waals surface area contributed by atoms with E-state index in [1.807, 2.05) is 35.9 Å². The minimum atomic E-state index is 0.0237. The first kappa shape index (κ1) is 17.4. The van der Waals surface area contributed by atoms with E-state index in [0.29, 0.717) is 17.7 Å². The number of carbonyl (C=O) groups excluding carboxylic acids is 1. The Bertz CT molecular complexity index is 796. The lowest BCUT2D eigenvalue weighted by Crippen LogP contribution is -2.51. The number of amides is 1. The second-order valence-corrected chi connectivity index (χ2v) is 7.72. The van der Waals surface area contributed by atoms with Gasteiger partial charge in [-0.05, 0) is 62.9 Å². The zero-order chi connectivity index (χ0) is 18.1. The van der Waals surface area contributed by atoms with Gasteiger partial charge in [0.1, 0.15) is 11.4 Å². The van der Waals surface area contributed by atoms with Crippen LogP contribution >= 0.6 is 0 Å². The molecule has 26 heavy (non-hydrogen) atoms. The average molecular weight is 355 g/mol. The Labute approximate surface area is 155 Å². The normalized spacial score (nSPS) is 23.6. The number of carbonyl (C=O) groups is 1. The maximum Gasteiger partial charge on any atom is 0.267 e. The van der Waals surface area contributed by atoms with Crippen LogP contribution in [0.4, 0.5) is 0 Å². The van der Waals surface area contributed by atoms with Gasteiger partial charge >= 0.3 is 0 Å². The second-order valence-electron chi connectivity index (χ2n) is 7.72. The maximum absolute atomic E-state index is 12.8. The largest absolute Gasteiger partial charge is 0.497 e. The summed E-state index contributed by atoms with van der Waals surface area (Å²) in [7, 11) is 3.61. The summed E-state index contributed by atoms with van der Waals surface area (Å²) < 4.78 is 7.26. The third-order valence-electron chi connectivity index (χ3n) is 6.24. The topological polar surface area (TPSA) is 46.5 Å². The molecule has 2 aromatic rings. The number of ether oxygens (including phenoxy) is 1. The Hall–Kier alpha value is -2.01. The van der Waals surface area contributed by atoms with Crippen molar-refractivity contribution in [2.45, 2.75) is 38.1 Å². The fourth-order valence-electron chi connectivity index (χ4n) is 4.78. The van der Waals surface area contributed by atoms with E-state index in [0.717, 1.165) is 23.2 Å². The smallest absolute Gasteiger partial charge is 0.267 e. The summed E-state index contributed by atoms with van der Waals surface area (Å²) in [5.74, 6) is 1.42. The fourth-order valence-corrected chi connectivity index (χ4v) is 4.78. The Morgan fingerprint density at radius 3 is 2.88 bits per heavy atom. The summed E-state index contributed by atoms with van der Waals surface area (Å²) in [6.45, 7) is 3.26. The molecular weight excluding hydrogens is 326 g/mol. The molecule has 2 fully saturated rings. The van der Waals surface area contributed by atoms with E-state index in [1.54, 1.807) is 7.11 Å². The number of nitrogens with one attached hydrogen (secondary N) is 1. The molecule has 1 aromatic heterocycles. The van der Waals surface area contributed by atoms with Gasteiger partial charge in [-0.25, -0.2) is 0 Å². The van der Waals surface area contributed by atoms with Crippen molar-refractivity contribution in [1.29, 1.82) is 0 Å². The standard InChI is InChI=1S/C21H29N3O2/c1-23-19-13-17(26-2)9-8-15(19)12-20(23)21(25)22-14-16-6-5-11-24-10-4-3-7-18(16)24/h8-9,12-13,16,18H,3-7,10-11,14H2,1-2H3,(H,22,25). The number of hydrogen-bond acceptors (Lipinski definition) is 3. The molecule has 0 aliphatic carbocycles. The highest BCUT2D eigenvalue weighted by atomic mass is 16.5. The number of piperidine rings is 2. The third-order valence-corrected chi connectivity index (χ3v) is 6.24. The summed E-state index contributed by atoms with van der Waals surface area (Å²) >= 11 is 0. The quantitative estimate of drug-likeness (QED) is 0.916. The first-order chi connectivity index (χ1) is 12.7. The molecule has 0 radical (unpaired) electrons. The number of aryl methyl sites for hydroxylation is 1. The van der Waals surface area contributed by atoms with Crippen LogP contribution in [0.25, 0.3) is 10.9 Å². The Balaban J connectivity index is 1.46. The molecule has 1 amide bonds. The van der Waals surface area contributed by atoms with Crippen LogP contribution in [-0.4, -0.2) is 48.2 Å². The average Bonchev–Trinajstić information content (AvgIpc) is 3.02. The lowest BCUT2D eigenvalue weighted by molar-refractivity contribution is 0.0574. The van der Waals surface area contributed by atoms with Gasteiger partial charge in [0, 0.05) is 31.1 Å². The van der Waals surface area contributed by atoms with Crippen LogP contribution in [0.3, 0.4) is 0 Å². The van der Waals surface area contributed by atoms with Gasteiger partial charge in [0.15, 0.2) is 0 Å². The summed E-state index contributed by atoms with van der Waals surface area (Å²) in [5.41, 5.74) is 1.73. The van der Waals surface area contributed by atoms with Crippen LogP contribution in [-0.2, 0) is 7.05 Å². The number of methoxy groups -OCH3 is 1. The van der Waals surface area contributed by atoms with E-state index in [4.69, 9.17) is 4.74 Å². The van der Waals surface area contributed by atoms with E-state index < -0.39 is 0 Å². The zero-order valence-corrected chi connectivity index (χ0v) is 15.8. The Kier molecular flexibility index (Phi) is 4.90. The monoisotopic (exact) mass is 355 g/mol. The molecule has 2 aliphatic rings. The molecule has 0 spiro atoms. The molecule has 5 heteroatoms. The minimum absolute atomic E-state index is 0.0237. The van der Waals surface area contributed by atoms with Crippen molar-refractivity contribution in [2.75, 3.05) is 26.7 Å². The molecule has 0 bridgehead atoms. The zero-order valence-electron chi connectivity index (χ0n) is 15.8. The van der Waals surface area contributed by atoms with E-state index in [9.17, 15) is 4.79 Å². The molecule has 3 heterocycles. The maximum atomic E-state index is 12.8. The van der Waals surface area contributed by atoms with Gasteiger partial charge in [0.05, 0.1) is 12.6 Å². The highest BCUT2D eigenvalue weighted by Crippen LogP contribution is 2.30. The SMILES string of the molecule is COc1ccc2cc(C(=O)NCC3CCCN4CCCCC34)n(C)c2c1. The van der Waals surface area contributed by atoms with Gasteiger partial charge in [-0.2, -0.15) is 0 Å². The predicted octanol–water partition coefficient (Wildman–Crippen LogP) is 3.18. The molecule has 4 rings (SSSR count). The number of rotatable bonds is 4. The van der Waals surface area contributed by atoms with Gasteiger partial charge in [-0.15, -0.1) is 0 Å². The lowest BCUT2D eigenvalue weighted by atomic mass is 9.83. The van der Waals surface area contributed by atoms with Crippen molar-refractivity contribution in [3.05, 3.63) is 30.0 Å². The van der Waals surface area contributed by atoms with Crippen LogP contribution in [0, 0.1) is 5.92 Å². The van der Waals surface area contributed by atoms with Gasteiger partial charge in [-0.3, -0.25) is 4.79 Å². The van der Waals surface area contributed by atoms with Crippen LogP contribution in [0.15, 0.2) is 24.3 Å². The van der Waals surface area contributed by atoms with Crippen LogP contribution < -0.4 is 10.1 Å². The Morgan fingerprint density at radius 1 is 1.19 bits per heavy atom. The summed E-state index contributed by atoms with van der Waals surface area (Å²) in [6.07, 6.45) is 6.43.